The van der Waals surface area contributed by atoms with Gasteiger partial charge in [-0.2, -0.15) is 0 Å². The topological polar surface area (TPSA) is 54.6 Å². The summed E-state index contributed by atoms with van der Waals surface area (Å²) in [4.78, 5) is 19.4. The second kappa shape index (κ2) is 8.79. The maximum Gasteiger partial charge on any atom is 0.271 e. The highest BCUT2D eigenvalue weighted by atomic mass is 79.9. The Balaban J connectivity index is 1.64. The first-order valence-corrected chi connectivity index (χ1v) is 13.3. The molecule has 0 bridgehead atoms. The fraction of sp³-hybridized carbons (Fsp3) is 0.111. The van der Waals surface area contributed by atoms with Crippen molar-refractivity contribution < 1.29 is 5.11 Å². The molecule has 4 nitrogen and oxygen atoms in total. The number of rotatable bonds is 2. The third kappa shape index (κ3) is 3.89. The number of aryl methyl sites for hydroxylation is 1. The lowest BCUT2D eigenvalue weighted by atomic mass is 9.83. The molecular weight excluding hydrogens is 567 g/mol. The van der Waals surface area contributed by atoms with E-state index in [0.29, 0.717) is 23.9 Å². The molecule has 1 N–H and O–H groups in total. The van der Waals surface area contributed by atoms with Gasteiger partial charge in [0, 0.05) is 15.6 Å². The van der Waals surface area contributed by atoms with Gasteiger partial charge in [-0.05, 0) is 81.4 Å². The van der Waals surface area contributed by atoms with Crippen LogP contribution in [0.4, 0.5) is 0 Å². The molecule has 174 valence electrons. The van der Waals surface area contributed by atoms with E-state index in [1.165, 1.54) is 16.9 Å². The number of fused-ring (bicyclic) bond motifs is 3. The molecule has 35 heavy (non-hydrogen) atoms. The Morgan fingerprint density at radius 3 is 2.71 bits per heavy atom. The zero-order valence-corrected chi connectivity index (χ0v) is 22.0. The van der Waals surface area contributed by atoms with Gasteiger partial charge in [-0.25, -0.2) is 4.99 Å². The molecule has 1 atom stereocenters. The smallest absolute Gasteiger partial charge is 0.271 e. The van der Waals surface area contributed by atoms with Crippen molar-refractivity contribution in [1.29, 1.82) is 0 Å². The van der Waals surface area contributed by atoms with Crippen molar-refractivity contribution in [2.75, 3.05) is 0 Å². The van der Waals surface area contributed by atoms with Crippen LogP contribution in [0.15, 0.2) is 80.5 Å². The number of aromatic nitrogens is 1. The molecule has 0 saturated carbocycles. The quantitative estimate of drug-likeness (QED) is 0.310. The molecular formula is C27H17BrCl2N2O2S. The lowest BCUT2D eigenvalue weighted by Gasteiger charge is -2.31. The van der Waals surface area contributed by atoms with Crippen molar-refractivity contribution >= 4 is 62.2 Å². The van der Waals surface area contributed by atoms with E-state index in [4.69, 9.17) is 28.2 Å². The van der Waals surface area contributed by atoms with Gasteiger partial charge in [0.2, 0.25) is 0 Å². The molecule has 6 rings (SSSR count). The summed E-state index contributed by atoms with van der Waals surface area (Å²) in [5.41, 5.74) is 5.86. The first-order valence-electron chi connectivity index (χ1n) is 11.0. The van der Waals surface area contributed by atoms with E-state index in [0.717, 1.165) is 40.8 Å². The average molecular weight is 584 g/mol. The van der Waals surface area contributed by atoms with E-state index in [9.17, 15) is 9.90 Å². The highest BCUT2D eigenvalue weighted by Crippen LogP contribution is 2.43. The Morgan fingerprint density at radius 1 is 1.09 bits per heavy atom. The molecule has 4 aromatic rings. The van der Waals surface area contributed by atoms with E-state index < -0.39 is 0 Å². The Kier molecular flexibility index (Phi) is 5.72. The molecule has 2 heterocycles. The number of benzene rings is 3. The molecule has 2 aliphatic rings. The van der Waals surface area contributed by atoms with Gasteiger partial charge in [0.15, 0.2) is 4.80 Å². The molecule has 1 unspecified atom stereocenters. The summed E-state index contributed by atoms with van der Waals surface area (Å²) in [5.74, 6) is 0.146. The Labute approximate surface area is 223 Å². The molecule has 1 aliphatic heterocycles. The second-order valence-corrected chi connectivity index (χ2v) is 11.2. The molecule has 0 saturated heterocycles. The SMILES string of the molecule is O=c1c(=Cc2ccc(O)c(Br)c2)sc2n1C(c1ccc(Cl)cc1Cl)C1=C(N=2)c2ccccc2CC1. The number of thiazole rings is 1. The number of halogens is 3. The van der Waals surface area contributed by atoms with Crippen LogP contribution in [0.5, 0.6) is 5.75 Å². The van der Waals surface area contributed by atoms with E-state index in [2.05, 4.69) is 28.1 Å². The summed E-state index contributed by atoms with van der Waals surface area (Å²) < 4.78 is 2.88. The third-order valence-electron chi connectivity index (χ3n) is 6.40. The molecule has 0 spiro atoms. The van der Waals surface area contributed by atoms with Gasteiger partial charge in [-0.3, -0.25) is 9.36 Å². The monoisotopic (exact) mass is 582 g/mol. The normalized spacial score (nSPS) is 17.0. The summed E-state index contributed by atoms with van der Waals surface area (Å²) in [6.45, 7) is 0. The lowest BCUT2D eigenvalue weighted by Crippen LogP contribution is -2.38. The number of hydrogen-bond acceptors (Lipinski definition) is 4. The fourth-order valence-corrected chi connectivity index (χ4v) is 6.70. The number of nitrogens with zero attached hydrogens (tertiary/aromatic N) is 2. The standard InChI is InChI=1S/C27H17BrCl2N2O2S/c28-20-11-14(5-10-22(20)33)12-23-26(34)32-25(18-9-7-16(29)13-21(18)30)19-8-6-15-3-1-2-4-17(15)24(19)31-27(32)35-23/h1-5,7,9-13,25,33H,6,8H2. The first-order chi connectivity index (χ1) is 16.9. The van der Waals surface area contributed by atoms with Gasteiger partial charge in [0.1, 0.15) is 5.75 Å². The van der Waals surface area contributed by atoms with Crippen molar-refractivity contribution in [2.24, 2.45) is 4.99 Å². The van der Waals surface area contributed by atoms with Gasteiger partial charge in [0.05, 0.1) is 20.7 Å². The van der Waals surface area contributed by atoms with Gasteiger partial charge >= 0.3 is 0 Å². The predicted molar refractivity (Wildman–Crippen MR) is 145 cm³/mol. The van der Waals surface area contributed by atoms with Crippen molar-refractivity contribution in [2.45, 2.75) is 18.9 Å². The van der Waals surface area contributed by atoms with Gasteiger partial charge in [0.25, 0.3) is 5.56 Å². The number of aromatic hydroxyl groups is 1. The minimum absolute atomic E-state index is 0.126. The molecule has 8 heteroatoms. The van der Waals surface area contributed by atoms with Crippen molar-refractivity contribution in [3.05, 3.63) is 123 Å². The summed E-state index contributed by atoms with van der Waals surface area (Å²) in [5, 5.41) is 10.9. The summed E-state index contributed by atoms with van der Waals surface area (Å²) >= 11 is 17.6. The predicted octanol–water partition coefficient (Wildman–Crippen LogP) is 6.09. The van der Waals surface area contributed by atoms with Crippen molar-refractivity contribution in [1.82, 2.24) is 4.57 Å². The Hall–Kier alpha value is -2.64. The van der Waals surface area contributed by atoms with Gasteiger partial charge < -0.3 is 5.11 Å². The average Bonchev–Trinajstić information content (AvgIpc) is 3.15. The maximum atomic E-state index is 13.8. The minimum atomic E-state index is -0.368. The van der Waals surface area contributed by atoms with Crippen molar-refractivity contribution in [3.8, 4) is 5.75 Å². The van der Waals surface area contributed by atoms with Crippen molar-refractivity contribution in [3.63, 3.8) is 0 Å². The largest absolute Gasteiger partial charge is 0.507 e. The molecule has 0 radical (unpaired) electrons. The van der Waals surface area contributed by atoms with Crippen LogP contribution in [0.1, 0.15) is 34.7 Å². The Morgan fingerprint density at radius 2 is 1.91 bits per heavy atom. The van der Waals surface area contributed by atoms with Crippen LogP contribution in [-0.4, -0.2) is 9.67 Å². The fourth-order valence-electron chi connectivity index (χ4n) is 4.79. The second-order valence-electron chi connectivity index (χ2n) is 8.49. The number of hydrogen-bond donors (Lipinski definition) is 1. The molecule has 3 aromatic carbocycles. The number of phenolic OH excluding ortho intramolecular Hbond substituents is 1. The molecule has 1 aliphatic carbocycles. The number of allylic oxidation sites excluding steroid dienone is 1. The number of phenols is 1. The lowest BCUT2D eigenvalue weighted by molar-refractivity contribution is 0.472. The van der Waals surface area contributed by atoms with Crippen LogP contribution in [-0.2, 0) is 6.42 Å². The Bertz CT molecular complexity index is 1740. The summed E-state index contributed by atoms with van der Waals surface area (Å²) in [6, 6.07) is 18.5. The highest BCUT2D eigenvalue weighted by molar-refractivity contribution is 9.10. The van der Waals surface area contributed by atoms with Crippen LogP contribution >= 0.6 is 50.5 Å². The zero-order valence-electron chi connectivity index (χ0n) is 18.1. The van der Waals surface area contributed by atoms with Gasteiger partial charge in [-0.15, -0.1) is 0 Å². The highest BCUT2D eigenvalue weighted by Gasteiger charge is 2.33. The van der Waals surface area contributed by atoms with Crippen LogP contribution < -0.4 is 14.9 Å². The summed E-state index contributed by atoms with van der Waals surface area (Å²) in [7, 11) is 0. The van der Waals surface area contributed by atoms with Crippen LogP contribution in [0, 0.1) is 0 Å². The molecule has 0 fully saturated rings. The van der Waals surface area contributed by atoms with Crippen LogP contribution in [0.3, 0.4) is 0 Å². The van der Waals surface area contributed by atoms with Gasteiger partial charge in [-0.1, -0.05) is 70.9 Å². The first kappa shape index (κ1) is 22.8. The van der Waals surface area contributed by atoms with E-state index in [-0.39, 0.29) is 17.4 Å². The summed E-state index contributed by atoms with van der Waals surface area (Å²) in [6.07, 6.45) is 3.48. The molecule has 1 aromatic heterocycles. The minimum Gasteiger partial charge on any atom is -0.507 e. The molecule has 0 amide bonds. The van der Waals surface area contributed by atoms with Crippen LogP contribution in [0.25, 0.3) is 11.8 Å². The van der Waals surface area contributed by atoms with E-state index >= 15 is 0 Å². The van der Waals surface area contributed by atoms with E-state index in [1.807, 2.05) is 30.3 Å². The third-order valence-corrected chi connectivity index (χ3v) is 8.58. The maximum absolute atomic E-state index is 13.8. The van der Waals surface area contributed by atoms with E-state index in [1.54, 1.807) is 28.8 Å². The van der Waals surface area contributed by atoms with Crippen LogP contribution in [0.2, 0.25) is 10.0 Å². The zero-order chi connectivity index (χ0) is 24.3.